The van der Waals surface area contributed by atoms with Crippen LogP contribution in [0.2, 0.25) is 0 Å². The predicted molar refractivity (Wildman–Crippen MR) is 106 cm³/mol. The summed E-state index contributed by atoms with van der Waals surface area (Å²) in [5, 5.41) is 13.1. The predicted octanol–water partition coefficient (Wildman–Crippen LogP) is 2.20. The minimum Gasteiger partial charge on any atom is -0.376 e. The normalized spacial score (nSPS) is 15.0. The van der Waals surface area contributed by atoms with Crippen molar-refractivity contribution in [2.75, 3.05) is 16.4 Å². The largest absolute Gasteiger partial charge is 0.376 e. The number of benzene rings is 2. The second kappa shape index (κ2) is 7.15. The molecule has 0 fully saturated rings. The van der Waals surface area contributed by atoms with E-state index in [0.29, 0.717) is 22.7 Å². The Labute approximate surface area is 166 Å². The van der Waals surface area contributed by atoms with Crippen molar-refractivity contribution in [1.29, 1.82) is 0 Å². The maximum atomic E-state index is 12.5. The zero-order chi connectivity index (χ0) is 20.6. The molecule has 0 atom stereocenters. The third-order valence-corrected chi connectivity index (χ3v) is 5.66. The molecule has 0 radical (unpaired) electrons. The minimum atomic E-state index is -3.85. The average Bonchev–Trinajstić information content (AvgIpc) is 3.22. The van der Waals surface area contributed by atoms with Gasteiger partial charge in [-0.3, -0.25) is 14.4 Å². The molecule has 3 aromatic rings. The Hall–Kier alpha value is -3.50. The molecule has 1 aliphatic rings. The maximum Gasteiger partial charge on any atom is 0.279 e. The molecular formula is C19H16N4O5S. The zero-order valence-corrected chi connectivity index (χ0v) is 16.0. The molecule has 0 saturated carbocycles. The number of aryl methyl sites for hydroxylation is 1. The van der Waals surface area contributed by atoms with Gasteiger partial charge in [0, 0.05) is 11.6 Å². The number of aromatic nitrogens is 1. The van der Waals surface area contributed by atoms with Crippen molar-refractivity contribution in [3.63, 3.8) is 0 Å². The smallest absolute Gasteiger partial charge is 0.279 e. The van der Waals surface area contributed by atoms with Gasteiger partial charge in [0.05, 0.1) is 16.3 Å². The fourth-order valence-corrected chi connectivity index (χ4v) is 3.93. The highest BCUT2D eigenvalue weighted by molar-refractivity contribution is 7.92. The number of carbonyl (C=O) groups is 1. The lowest BCUT2D eigenvalue weighted by atomic mass is 10.1. The lowest BCUT2D eigenvalue weighted by Crippen LogP contribution is -2.30. The highest BCUT2D eigenvalue weighted by Crippen LogP contribution is 2.30. The summed E-state index contributed by atoms with van der Waals surface area (Å²) in [6, 6.07) is 14.2. The number of para-hydroxylation sites is 1. The summed E-state index contributed by atoms with van der Waals surface area (Å²) >= 11 is 0. The number of rotatable bonds is 5. The number of aliphatic hydroxyl groups excluding tert-OH is 1. The van der Waals surface area contributed by atoms with Crippen LogP contribution in [0, 0.1) is 6.92 Å². The molecule has 0 unspecified atom stereocenters. The summed E-state index contributed by atoms with van der Waals surface area (Å²) in [4.78, 5) is 18.1. The molecule has 0 bridgehead atoms. The summed E-state index contributed by atoms with van der Waals surface area (Å²) in [6.07, 6.45) is 0. The average molecular weight is 412 g/mol. The van der Waals surface area contributed by atoms with E-state index in [1.54, 1.807) is 31.2 Å². The SMILES string of the molecule is Cc1cc(NS(=O)(=O)c2ccc(N=C3C(=O)N(CO)c4ccccc43)cc2)no1. The van der Waals surface area contributed by atoms with E-state index < -0.39 is 22.7 Å². The van der Waals surface area contributed by atoms with Gasteiger partial charge in [0.25, 0.3) is 15.9 Å². The quantitative estimate of drug-likeness (QED) is 0.662. The van der Waals surface area contributed by atoms with Crippen LogP contribution in [-0.4, -0.2) is 37.0 Å². The van der Waals surface area contributed by atoms with Crippen molar-refractivity contribution >= 4 is 38.8 Å². The van der Waals surface area contributed by atoms with E-state index in [9.17, 15) is 18.3 Å². The topological polar surface area (TPSA) is 125 Å². The van der Waals surface area contributed by atoms with Crippen molar-refractivity contribution in [3.8, 4) is 0 Å². The van der Waals surface area contributed by atoms with Gasteiger partial charge in [0.2, 0.25) is 0 Å². The second-order valence-electron chi connectivity index (χ2n) is 6.27. The standard InChI is InChI=1S/C19H16N4O5S/c1-12-10-17(21-28-12)22-29(26,27)14-8-6-13(7-9-14)20-18-15-4-2-3-5-16(15)23(11-24)19(18)25/h2-10,24H,11H2,1H3,(H,21,22). The van der Waals surface area contributed by atoms with Crippen LogP contribution < -0.4 is 9.62 Å². The lowest BCUT2D eigenvalue weighted by molar-refractivity contribution is -0.112. The number of nitrogens with zero attached hydrogens (tertiary/aromatic N) is 3. The number of anilines is 2. The van der Waals surface area contributed by atoms with Crippen molar-refractivity contribution in [2.45, 2.75) is 11.8 Å². The molecule has 0 spiro atoms. The molecular weight excluding hydrogens is 396 g/mol. The summed E-state index contributed by atoms with van der Waals surface area (Å²) in [5.74, 6) is 0.143. The first-order chi connectivity index (χ1) is 13.9. The van der Waals surface area contributed by atoms with Gasteiger partial charge in [-0.05, 0) is 37.3 Å². The molecule has 1 amide bonds. The van der Waals surface area contributed by atoms with Crippen LogP contribution >= 0.6 is 0 Å². The van der Waals surface area contributed by atoms with Gasteiger partial charge < -0.3 is 9.63 Å². The number of hydrogen-bond acceptors (Lipinski definition) is 7. The van der Waals surface area contributed by atoms with Crippen molar-refractivity contribution in [3.05, 3.63) is 65.9 Å². The Morgan fingerprint density at radius 1 is 1.17 bits per heavy atom. The van der Waals surface area contributed by atoms with Gasteiger partial charge in [-0.1, -0.05) is 23.4 Å². The number of nitrogens with one attached hydrogen (secondary N) is 1. The van der Waals surface area contributed by atoms with Gasteiger partial charge in [0.1, 0.15) is 18.2 Å². The summed E-state index contributed by atoms with van der Waals surface area (Å²) in [5.41, 5.74) is 1.76. The first-order valence-electron chi connectivity index (χ1n) is 8.56. The highest BCUT2D eigenvalue weighted by Gasteiger charge is 2.33. The molecule has 148 valence electrons. The van der Waals surface area contributed by atoms with Gasteiger partial charge in [-0.2, -0.15) is 0 Å². The third-order valence-electron chi connectivity index (χ3n) is 4.29. The molecule has 2 heterocycles. The molecule has 4 rings (SSSR count). The lowest BCUT2D eigenvalue weighted by Gasteiger charge is -2.11. The molecule has 1 aromatic heterocycles. The first kappa shape index (κ1) is 18.8. The number of fused-ring (bicyclic) bond motifs is 1. The summed E-state index contributed by atoms with van der Waals surface area (Å²) in [6.45, 7) is 1.19. The van der Waals surface area contributed by atoms with Crippen LogP contribution in [0.5, 0.6) is 0 Å². The van der Waals surface area contributed by atoms with Gasteiger partial charge in [-0.25, -0.2) is 13.4 Å². The highest BCUT2D eigenvalue weighted by atomic mass is 32.2. The molecule has 10 heteroatoms. The molecule has 2 aromatic carbocycles. The number of aliphatic hydroxyl groups is 1. The number of hydrogen-bond donors (Lipinski definition) is 2. The molecule has 29 heavy (non-hydrogen) atoms. The van der Waals surface area contributed by atoms with Crippen LogP contribution in [0.4, 0.5) is 17.2 Å². The van der Waals surface area contributed by atoms with Crippen LogP contribution in [-0.2, 0) is 14.8 Å². The number of aliphatic imine (C=N–C) groups is 1. The Morgan fingerprint density at radius 2 is 1.90 bits per heavy atom. The van der Waals surface area contributed by atoms with Crippen molar-refractivity contribution in [1.82, 2.24) is 5.16 Å². The van der Waals surface area contributed by atoms with Crippen LogP contribution in [0.25, 0.3) is 0 Å². The van der Waals surface area contributed by atoms with Crippen molar-refractivity contribution < 1.29 is 22.8 Å². The van der Waals surface area contributed by atoms with Crippen molar-refractivity contribution in [2.24, 2.45) is 4.99 Å². The number of amides is 1. The van der Waals surface area contributed by atoms with E-state index in [0.717, 1.165) is 0 Å². The van der Waals surface area contributed by atoms with Crippen LogP contribution in [0.1, 0.15) is 11.3 Å². The van der Waals surface area contributed by atoms with E-state index in [1.807, 2.05) is 0 Å². The molecule has 9 nitrogen and oxygen atoms in total. The third kappa shape index (κ3) is 3.50. The number of carbonyl (C=O) groups excluding carboxylic acids is 1. The molecule has 0 saturated heterocycles. The van der Waals surface area contributed by atoms with Gasteiger partial charge in [-0.15, -0.1) is 0 Å². The summed E-state index contributed by atoms with van der Waals surface area (Å²) < 4.78 is 32.1. The van der Waals surface area contributed by atoms with E-state index in [2.05, 4.69) is 14.9 Å². The van der Waals surface area contributed by atoms with Gasteiger partial charge >= 0.3 is 0 Å². The van der Waals surface area contributed by atoms with Crippen LogP contribution in [0.15, 0.2) is 69.0 Å². The number of sulfonamides is 1. The van der Waals surface area contributed by atoms with E-state index in [4.69, 9.17) is 4.52 Å². The van der Waals surface area contributed by atoms with Gasteiger partial charge in [0.15, 0.2) is 5.82 Å². The fourth-order valence-electron chi connectivity index (χ4n) is 2.95. The minimum absolute atomic E-state index is 0.0113. The maximum absolute atomic E-state index is 12.5. The zero-order valence-electron chi connectivity index (χ0n) is 15.2. The molecule has 1 aliphatic heterocycles. The Balaban J connectivity index is 1.62. The molecule has 0 aliphatic carbocycles. The fraction of sp³-hybridized carbons (Fsp3) is 0.105. The van der Waals surface area contributed by atoms with E-state index >= 15 is 0 Å². The Morgan fingerprint density at radius 3 is 2.55 bits per heavy atom. The molecule has 2 N–H and O–H groups in total. The van der Waals surface area contributed by atoms with Crippen LogP contribution in [0.3, 0.4) is 0 Å². The summed E-state index contributed by atoms with van der Waals surface area (Å²) in [7, 11) is -3.85. The first-order valence-corrected chi connectivity index (χ1v) is 10.0. The van der Waals surface area contributed by atoms with E-state index in [1.165, 1.54) is 35.2 Å². The van der Waals surface area contributed by atoms with E-state index in [-0.39, 0.29) is 16.4 Å². The Bertz CT molecular complexity index is 1220. The Kier molecular flexibility index (Phi) is 4.65. The second-order valence-corrected chi connectivity index (χ2v) is 7.96. The monoisotopic (exact) mass is 412 g/mol.